The predicted octanol–water partition coefficient (Wildman–Crippen LogP) is 17.0. The molecular weight excluding hydrogens is 901 g/mol. The maximum absolute atomic E-state index is 9.46. The van der Waals surface area contributed by atoms with E-state index in [1.54, 1.807) is 30.5 Å². The van der Waals surface area contributed by atoms with E-state index in [1.807, 2.05) is 6.07 Å². The van der Waals surface area contributed by atoms with Crippen molar-refractivity contribution in [2.24, 2.45) is 0 Å². The van der Waals surface area contributed by atoms with Gasteiger partial charge in [0.25, 0.3) is 0 Å². The SMILES string of the molecule is CCCCCCCCCCCCCCCCCCOC[C@H](CO)Oc1cc(C#N)ccn1.CCCCCCCCCCCCCCCCCCOC[C@H](CO[Si](C)(C)C(C)(C)C)Oc1cc(C#N)ccn1. The first-order valence-corrected chi connectivity index (χ1v) is 31.9. The summed E-state index contributed by atoms with van der Waals surface area (Å²) >= 11 is 0. The van der Waals surface area contributed by atoms with Gasteiger partial charge in [0.15, 0.2) is 8.32 Å². The monoisotopic (exact) mass is 1010 g/mol. The highest BCUT2D eigenvalue weighted by Crippen LogP contribution is 2.36. The molecule has 0 saturated heterocycles. The molecule has 0 fully saturated rings. The first-order valence-electron chi connectivity index (χ1n) is 29.0. The van der Waals surface area contributed by atoms with Crippen molar-refractivity contribution >= 4 is 8.32 Å². The van der Waals surface area contributed by atoms with Crippen LogP contribution in [0.4, 0.5) is 0 Å². The van der Waals surface area contributed by atoms with E-state index < -0.39 is 14.4 Å². The molecule has 0 aromatic carbocycles. The van der Waals surface area contributed by atoms with Crippen molar-refractivity contribution in [3.05, 3.63) is 47.8 Å². The van der Waals surface area contributed by atoms with Crippen LogP contribution in [0.3, 0.4) is 0 Å². The normalized spacial score (nSPS) is 12.4. The van der Waals surface area contributed by atoms with Gasteiger partial charge in [0, 0.05) is 37.7 Å². The van der Waals surface area contributed by atoms with E-state index in [9.17, 15) is 10.4 Å². The average molecular weight is 1010 g/mol. The minimum absolute atomic E-state index is 0.130. The third-order valence-corrected chi connectivity index (χ3v) is 18.3. The zero-order valence-corrected chi connectivity index (χ0v) is 47.8. The molecule has 2 aromatic rings. The Bertz CT molecular complexity index is 1590. The second-order valence-corrected chi connectivity index (χ2v) is 26.3. The summed E-state index contributed by atoms with van der Waals surface area (Å²) < 4.78 is 29.8. The number of hydrogen-bond donors (Lipinski definition) is 1. The molecule has 0 aliphatic rings. The van der Waals surface area contributed by atoms with Crippen LogP contribution in [0.1, 0.15) is 251 Å². The fraction of sp³-hybridized carbons (Fsp3) is 0.800. The summed E-state index contributed by atoms with van der Waals surface area (Å²) in [6, 6.07) is 10.7. The number of ether oxygens (including phenoxy) is 4. The number of pyridine rings is 2. The summed E-state index contributed by atoms with van der Waals surface area (Å²) in [5.41, 5.74) is 1.03. The molecule has 0 aliphatic carbocycles. The fourth-order valence-electron chi connectivity index (χ4n) is 8.12. The quantitative estimate of drug-likeness (QED) is 0.0503. The molecule has 2 aromatic heterocycles. The minimum atomic E-state index is -1.91. The summed E-state index contributed by atoms with van der Waals surface area (Å²) in [4.78, 5) is 8.34. The van der Waals surface area contributed by atoms with Crippen molar-refractivity contribution in [1.82, 2.24) is 9.97 Å². The van der Waals surface area contributed by atoms with Crippen molar-refractivity contribution in [2.75, 3.05) is 39.6 Å². The summed E-state index contributed by atoms with van der Waals surface area (Å²) in [5.74, 6) is 0.790. The zero-order chi connectivity index (χ0) is 51.9. The second kappa shape index (κ2) is 45.5. The van der Waals surface area contributed by atoms with Gasteiger partial charge < -0.3 is 28.5 Å². The molecule has 0 spiro atoms. The molecule has 2 heterocycles. The third-order valence-electron chi connectivity index (χ3n) is 13.8. The van der Waals surface area contributed by atoms with E-state index in [0.717, 1.165) is 19.4 Å². The zero-order valence-electron chi connectivity index (χ0n) is 46.8. The van der Waals surface area contributed by atoms with E-state index >= 15 is 0 Å². The highest BCUT2D eigenvalue weighted by atomic mass is 28.4. The standard InChI is InChI=1S/C33H60N2O3Si.C27H46N2O3/c1-7-8-9-10-11-12-13-14-15-16-17-18-19-20-21-22-25-36-28-31(29-37-39(5,6)33(2,3)4)38-32-26-30(27-34)23-24-35-32;1-2-3-4-5-6-7-8-9-10-11-12-13-14-15-16-17-20-31-24-26(23-30)32-27-21-25(22-28)18-19-29-27/h23-24,26,31H,7-22,25,28-29H2,1-6H3;18-19,21,26,30H,2-17,20,23-24H2,1H3/t31-;26-/m10/s1. The third kappa shape index (κ3) is 38.2. The maximum atomic E-state index is 9.46. The average Bonchev–Trinajstić information content (AvgIpc) is 3.36. The lowest BCUT2D eigenvalue weighted by molar-refractivity contribution is 0.0167. The lowest BCUT2D eigenvalue weighted by atomic mass is 10.0. The molecule has 0 unspecified atom stereocenters. The molecule has 0 aliphatic heterocycles. The molecule has 71 heavy (non-hydrogen) atoms. The molecule has 11 heteroatoms. The summed E-state index contributed by atoms with van der Waals surface area (Å²) in [6.45, 7) is 18.3. The van der Waals surface area contributed by atoms with Crippen LogP contribution in [0.25, 0.3) is 0 Å². The minimum Gasteiger partial charge on any atom is -0.469 e. The number of nitrogens with zero attached hydrogens (tertiary/aromatic N) is 4. The van der Waals surface area contributed by atoms with Crippen LogP contribution in [-0.4, -0.2) is 75.2 Å². The van der Waals surface area contributed by atoms with E-state index in [4.69, 9.17) is 28.6 Å². The maximum Gasteiger partial charge on any atom is 0.214 e. The molecule has 0 bridgehead atoms. The summed E-state index contributed by atoms with van der Waals surface area (Å²) in [7, 11) is -1.91. The number of unbranched alkanes of at least 4 members (excludes halogenated alkanes) is 30. The van der Waals surface area contributed by atoms with Crippen LogP contribution in [0, 0.1) is 22.7 Å². The summed E-state index contributed by atoms with van der Waals surface area (Å²) in [5, 5.41) is 27.7. The van der Waals surface area contributed by atoms with Crippen LogP contribution >= 0.6 is 0 Å². The molecule has 1 N–H and O–H groups in total. The number of aliphatic hydroxyl groups is 1. The lowest BCUT2D eigenvalue weighted by Gasteiger charge is -2.37. The Balaban J connectivity index is 0.000000724. The first kappa shape index (κ1) is 66.0. The van der Waals surface area contributed by atoms with E-state index in [0.29, 0.717) is 49.3 Å². The van der Waals surface area contributed by atoms with Crippen molar-refractivity contribution in [2.45, 2.75) is 270 Å². The Hall–Kier alpha value is -3.06. The Morgan fingerprint density at radius 2 is 0.803 bits per heavy atom. The molecule has 0 amide bonds. The lowest BCUT2D eigenvalue weighted by Crippen LogP contribution is -2.44. The van der Waals surface area contributed by atoms with Gasteiger partial charge in [0.2, 0.25) is 11.8 Å². The fourth-order valence-corrected chi connectivity index (χ4v) is 9.16. The van der Waals surface area contributed by atoms with Gasteiger partial charge in [-0.15, -0.1) is 0 Å². The second-order valence-electron chi connectivity index (χ2n) is 21.5. The summed E-state index contributed by atoms with van der Waals surface area (Å²) in [6.07, 6.45) is 46.0. The largest absolute Gasteiger partial charge is 0.469 e. The highest BCUT2D eigenvalue weighted by Gasteiger charge is 2.38. The van der Waals surface area contributed by atoms with E-state index in [1.165, 1.54) is 199 Å². The molecule has 0 saturated carbocycles. The van der Waals surface area contributed by atoms with Gasteiger partial charge in [0.05, 0.1) is 49.7 Å². The molecule has 0 radical (unpaired) electrons. The van der Waals surface area contributed by atoms with Crippen molar-refractivity contribution in [3.8, 4) is 23.9 Å². The molecule has 2 atom stereocenters. The Morgan fingerprint density at radius 3 is 1.11 bits per heavy atom. The van der Waals surface area contributed by atoms with E-state index in [-0.39, 0.29) is 17.7 Å². The van der Waals surface area contributed by atoms with Crippen LogP contribution in [0.2, 0.25) is 18.1 Å². The Labute approximate surface area is 437 Å². The molecule has 10 nitrogen and oxygen atoms in total. The van der Waals surface area contributed by atoms with Crippen LogP contribution in [-0.2, 0) is 13.9 Å². The van der Waals surface area contributed by atoms with Crippen LogP contribution in [0.15, 0.2) is 36.7 Å². The van der Waals surface area contributed by atoms with Gasteiger partial charge in [-0.3, -0.25) is 0 Å². The van der Waals surface area contributed by atoms with Gasteiger partial charge in [-0.2, -0.15) is 10.5 Å². The van der Waals surface area contributed by atoms with Gasteiger partial charge in [-0.25, -0.2) is 9.97 Å². The van der Waals surface area contributed by atoms with E-state index in [2.05, 4.69) is 63.7 Å². The van der Waals surface area contributed by atoms with Gasteiger partial charge >= 0.3 is 0 Å². The van der Waals surface area contributed by atoms with Gasteiger partial charge in [0.1, 0.15) is 12.2 Å². The number of aromatic nitrogens is 2. The molecular formula is C60H106N4O6Si. The van der Waals surface area contributed by atoms with Crippen LogP contribution in [0.5, 0.6) is 11.8 Å². The number of nitriles is 2. The molecule has 2 rings (SSSR count). The van der Waals surface area contributed by atoms with Crippen molar-refractivity contribution in [3.63, 3.8) is 0 Å². The van der Waals surface area contributed by atoms with Crippen LogP contribution < -0.4 is 9.47 Å². The number of hydrogen-bond acceptors (Lipinski definition) is 10. The highest BCUT2D eigenvalue weighted by molar-refractivity contribution is 6.74. The molecule has 406 valence electrons. The Morgan fingerprint density at radius 1 is 0.493 bits per heavy atom. The first-order chi connectivity index (χ1) is 34.5. The predicted molar refractivity (Wildman–Crippen MR) is 298 cm³/mol. The van der Waals surface area contributed by atoms with Crippen molar-refractivity contribution < 1.29 is 28.5 Å². The van der Waals surface area contributed by atoms with Gasteiger partial charge in [-0.05, 0) is 43.1 Å². The van der Waals surface area contributed by atoms with Gasteiger partial charge in [-0.1, -0.05) is 227 Å². The topological polar surface area (TPSA) is 140 Å². The Kier molecular flexibility index (Phi) is 42.3. The van der Waals surface area contributed by atoms with Crippen molar-refractivity contribution in [1.29, 1.82) is 10.5 Å². The number of rotatable bonds is 46. The number of aliphatic hydroxyl groups excluding tert-OH is 1. The smallest absolute Gasteiger partial charge is 0.214 e.